The number of amides is 1. The SMILES string of the molecule is CCNC(=NCc1ccc(C(N)=O)o1)N1CCN(Cc2ccc(Cl)cc2)CC1.I. The number of furan rings is 1. The van der Waals surface area contributed by atoms with E-state index in [1.165, 1.54) is 5.56 Å². The van der Waals surface area contributed by atoms with Crippen molar-refractivity contribution in [3.63, 3.8) is 0 Å². The number of nitrogens with zero attached hydrogens (tertiary/aromatic N) is 3. The summed E-state index contributed by atoms with van der Waals surface area (Å²) in [6.07, 6.45) is 0. The van der Waals surface area contributed by atoms with Crippen molar-refractivity contribution in [2.75, 3.05) is 32.7 Å². The van der Waals surface area contributed by atoms with Gasteiger partial charge >= 0.3 is 0 Å². The first-order valence-electron chi connectivity index (χ1n) is 9.43. The Morgan fingerprint density at radius 1 is 1.17 bits per heavy atom. The maximum absolute atomic E-state index is 11.1. The number of guanidine groups is 1. The van der Waals surface area contributed by atoms with Crippen molar-refractivity contribution in [3.8, 4) is 0 Å². The number of primary amides is 1. The lowest BCUT2D eigenvalue weighted by molar-refractivity contribution is 0.0972. The Labute approximate surface area is 193 Å². The van der Waals surface area contributed by atoms with Crippen molar-refractivity contribution in [1.82, 2.24) is 15.1 Å². The van der Waals surface area contributed by atoms with E-state index in [4.69, 9.17) is 21.8 Å². The molecule has 158 valence electrons. The summed E-state index contributed by atoms with van der Waals surface area (Å²) in [6, 6.07) is 11.3. The number of benzene rings is 1. The molecule has 1 fully saturated rings. The lowest BCUT2D eigenvalue weighted by atomic mass is 10.2. The molecule has 2 heterocycles. The van der Waals surface area contributed by atoms with Crippen LogP contribution in [0.3, 0.4) is 0 Å². The molecule has 2 aromatic rings. The molecule has 1 aromatic heterocycles. The van der Waals surface area contributed by atoms with Gasteiger partial charge in [-0.15, -0.1) is 24.0 Å². The minimum absolute atomic E-state index is 0. The first kappa shape index (κ1) is 23.5. The minimum atomic E-state index is -0.570. The Bertz CT molecular complexity index is 817. The zero-order chi connectivity index (χ0) is 19.9. The molecule has 0 unspecified atom stereocenters. The van der Waals surface area contributed by atoms with Crippen LogP contribution in [0.25, 0.3) is 0 Å². The van der Waals surface area contributed by atoms with Gasteiger partial charge in [0.2, 0.25) is 0 Å². The topological polar surface area (TPSA) is 87.1 Å². The molecule has 7 nitrogen and oxygen atoms in total. The number of hydrogen-bond acceptors (Lipinski definition) is 4. The average molecular weight is 532 g/mol. The van der Waals surface area contributed by atoms with Crippen molar-refractivity contribution >= 4 is 47.4 Å². The molecule has 1 aliphatic rings. The van der Waals surface area contributed by atoms with E-state index < -0.39 is 5.91 Å². The first-order chi connectivity index (χ1) is 13.5. The van der Waals surface area contributed by atoms with Crippen LogP contribution < -0.4 is 11.1 Å². The van der Waals surface area contributed by atoms with E-state index in [1.807, 2.05) is 19.1 Å². The van der Waals surface area contributed by atoms with Crippen LogP contribution in [-0.2, 0) is 13.1 Å². The van der Waals surface area contributed by atoms with Crippen molar-refractivity contribution < 1.29 is 9.21 Å². The number of hydrogen-bond donors (Lipinski definition) is 2. The zero-order valence-corrected chi connectivity index (χ0v) is 19.5. The Morgan fingerprint density at radius 3 is 2.45 bits per heavy atom. The number of aliphatic imine (C=N–C) groups is 1. The molecule has 0 radical (unpaired) electrons. The van der Waals surface area contributed by atoms with Gasteiger partial charge in [0.05, 0.1) is 0 Å². The predicted octanol–water partition coefficient (Wildman–Crippen LogP) is 2.93. The average Bonchev–Trinajstić information content (AvgIpc) is 3.17. The summed E-state index contributed by atoms with van der Waals surface area (Å²) in [7, 11) is 0. The Morgan fingerprint density at radius 2 is 1.86 bits per heavy atom. The highest BCUT2D eigenvalue weighted by Crippen LogP contribution is 2.13. The third-order valence-corrected chi connectivity index (χ3v) is 4.87. The lowest BCUT2D eigenvalue weighted by Gasteiger charge is -2.36. The van der Waals surface area contributed by atoms with Gasteiger partial charge in [0.25, 0.3) is 5.91 Å². The highest BCUT2D eigenvalue weighted by atomic mass is 127. The highest BCUT2D eigenvalue weighted by molar-refractivity contribution is 14.0. The number of rotatable bonds is 6. The molecule has 1 saturated heterocycles. The number of carbonyl (C=O) groups excluding carboxylic acids is 1. The second-order valence-electron chi connectivity index (χ2n) is 6.69. The van der Waals surface area contributed by atoms with Gasteiger partial charge in [-0.05, 0) is 36.8 Å². The van der Waals surface area contributed by atoms with Crippen LogP contribution in [0.1, 0.15) is 28.8 Å². The second-order valence-corrected chi connectivity index (χ2v) is 7.13. The second kappa shape index (κ2) is 11.4. The van der Waals surface area contributed by atoms with Crippen LogP contribution in [0, 0.1) is 0 Å². The van der Waals surface area contributed by atoms with E-state index in [0.717, 1.165) is 50.3 Å². The number of nitrogens with two attached hydrogens (primary N) is 1. The van der Waals surface area contributed by atoms with Gasteiger partial charge in [0.1, 0.15) is 12.3 Å². The standard InChI is InChI=1S/C20H26ClN5O2.HI/c1-2-23-20(24-13-17-7-8-18(28-17)19(22)27)26-11-9-25(10-12-26)14-15-3-5-16(21)6-4-15;/h3-8H,2,9-14H2,1H3,(H2,22,27)(H,23,24);1H. The number of carbonyl (C=O) groups is 1. The summed E-state index contributed by atoms with van der Waals surface area (Å²) in [6.45, 7) is 7.81. The molecule has 0 aliphatic carbocycles. The fourth-order valence-electron chi connectivity index (χ4n) is 3.14. The fraction of sp³-hybridized carbons (Fsp3) is 0.400. The van der Waals surface area contributed by atoms with E-state index in [1.54, 1.807) is 12.1 Å². The van der Waals surface area contributed by atoms with Crippen LogP contribution in [-0.4, -0.2) is 54.4 Å². The van der Waals surface area contributed by atoms with Crippen molar-refractivity contribution in [3.05, 3.63) is 58.5 Å². The van der Waals surface area contributed by atoms with Gasteiger partial charge in [0.15, 0.2) is 11.7 Å². The Balaban J connectivity index is 0.00000300. The van der Waals surface area contributed by atoms with E-state index >= 15 is 0 Å². The number of piperazine rings is 1. The molecule has 0 bridgehead atoms. The molecular formula is C20H27ClIN5O2. The van der Waals surface area contributed by atoms with Crippen LogP contribution in [0.5, 0.6) is 0 Å². The molecule has 1 amide bonds. The third-order valence-electron chi connectivity index (χ3n) is 4.62. The van der Waals surface area contributed by atoms with E-state index in [2.05, 4.69) is 32.2 Å². The number of nitrogens with one attached hydrogen (secondary N) is 1. The predicted molar refractivity (Wildman–Crippen MR) is 126 cm³/mol. The van der Waals surface area contributed by atoms with Crippen molar-refractivity contribution in [2.45, 2.75) is 20.0 Å². The summed E-state index contributed by atoms with van der Waals surface area (Å²) in [5.41, 5.74) is 6.49. The van der Waals surface area contributed by atoms with E-state index in [0.29, 0.717) is 12.3 Å². The van der Waals surface area contributed by atoms with Gasteiger partial charge in [-0.25, -0.2) is 4.99 Å². The summed E-state index contributed by atoms with van der Waals surface area (Å²) in [5, 5.41) is 4.10. The normalized spacial score (nSPS) is 15.1. The molecule has 0 spiro atoms. The van der Waals surface area contributed by atoms with Gasteiger partial charge in [0, 0.05) is 44.3 Å². The molecule has 1 aliphatic heterocycles. The summed E-state index contributed by atoms with van der Waals surface area (Å²) in [4.78, 5) is 20.5. The molecule has 9 heteroatoms. The molecule has 29 heavy (non-hydrogen) atoms. The summed E-state index contributed by atoms with van der Waals surface area (Å²) in [5.74, 6) is 1.06. The zero-order valence-electron chi connectivity index (χ0n) is 16.4. The first-order valence-corrected chi connectivity index (χ1v) is 9.81. The number of halogens is 2. The maximum atomic E-state index is 11.1. The quantitative estimate of drug-likeness (QED) is 0.340. The smallest absolute Gasteiger partial charge is 0.284 e. The van der Waals surface area contributed by atoms with Gasteiger partial charge in [-0.3, -0.25) is 9.69 Å². The molecule has 3 rings (SSSR count). The largest absolute Gasteiger partial charge is 0.454 e. The highest BCUT2D eigenvalue weighted by Gasteiger charge is 2.20. The van der Waals surface area contributed by atoms with Crippen LogP contribution in [0.2, 0.25) is 5.02 Å². The van der Waals surface area contributed by atoms with Gasteiger partial charge < -0.3 is 20.4 Å². The Hall–Kier alpha value is -1.78. The van der Waals surface area contributed by atoms with Crippen LogP contribution in [0.4, 0.5) is 0 Å². The molecule has 3 N–H and O–H groups in total. The van der Waals surface area contributed by atoms with Crippen LogP contribution >= 0.6 is 35.6 Å². The fourth-order valence-corrected chi connectivity index (χ4v) is 3.27. The molecule has 0 saturated carbocycles. The van der Waals surface area contributed by atoms with Crippen molar-refractivity contribution in [1.29, 1.82) is 0 Å². The van der Waals surface area contributed by atoms with Gasteiger partial charge in [-0.2, -0.15) is 0 Å². The van der Waals surface area contributed by atoms with E-state index in [-0.39, 0.29) is 29.7 Å². The minimum Gasteiger partial charge on any atom is -0.454 e. The molecular weight excluding hydrogens is 505 g/mol. The Kier molecular flexibility index (Phi) is 9.25. The molecule has 0 atom stereocenters. The third kappa shape index (κ3) is 6.90. The lowest BCUT2D eigenvalue weighted by Crippen LogP contribution is -2.52. The van der Waals surface area contributed by atoms with Crippen LogP contribution in [0.15, 0.2) is 45.8 Å². The maximum Gasteiger partial charge on any atom is 0.284 e. The van der Waals surface area contributed by atoms with Gasteiger partial charge in [-0.1, -0.05) is 23.7 Å². The molecule has 1 aromatic carbocycles. The summed E-state index contributed by atoms with van der Waals surface area (Å²) < 4.78 is 5.41. The van der Waals surface area contributed by atoms with Crippen molar-refractivity contribution in [2.24, 2.45) is 10.7 Å². The monoisotopic (exact) mass is 531 g/mol. The summed E-state index contributed by atoms with van der Waals surface area (Å²) >= 11 is 5.96. The van der Waals surface area contributed by atoms with E-state index in [9.17, 15) is 4.79 Å².